The molecule has 1 heterocycles. The zero-order chi connectivity index (χ0) is 12.0. The third-order valence-electron chi connectivity index (χ3n) is 3.34. The summed E-state index contributed by atoms with van der Waals surface area (Å²) < 4.78 is 0. The molecule has 2 atom stereocenters. The third kappa shape index (κ3) is 4.49. The number of carbonyl (C=O) groups is 1. The van der Waals surface area contributed by atoms with Crippen LogP contribution in [-0.2, 0) is 4.79 Å². The van der Waals surface area contributed by atoms with Gasteiger partial charge < -0.3 is 16.0 Å². The minimum atomic E-state index is 0.0997. The Labute approximate surface area is 98.6 Å². The molecule has 94 valence electrons. The second kappa shape index (κ2) is 6.86. The van der Waals surface area contributed by atoms with E-state index in [4.69, 9.17) is 5.73 Å². The van der Waals surface area contributed by atoms with Crippen LogP contribution in [0.1, 0.15) is 26.2 Å². The van der Waals surface area contributed by atoms with Crippen molar-refractivity contribution < 1.29 is 4.79 Å². The molecule has 2 unspecified atom stereocenters. The quantitative estimate of drug-likeness (QED) is 0.692. The van der Waals surface area contributed by atoms with Crippen LogP contribution in [0.4, 0.5) is 0 Å². The minimum Gasteiger partial charge on any atom is -0.356 e. The molecule has 0 spiro atoms. The summed E-state index contributed by atoms with van der Waals surface area (Å²) in [5.74, 6) is 0.918. The van der Waals surface area contributed by atoms with Crippen molar-refractivity contribution >= 4 is 5.91 Å². The van der Waals surface area contributed by atoms with Crippen molar-refractivity contribution in [2.75, 3.05) is 33.2 Å². The van der Waals surface area contributed by atoms with Crippen molar-refractivity contribution in [3.05, 3.63) is 0 Å². The Hall–Kier alpha value is -0.610. The lowest BCUT2D eigenvalue weighted by molar-refractivity contribution is -0.124. The summed E-state index contributed by atoms with van der Waals surface area (Å²) in [6.45, 7) is 5.74. The van der Waals surface area contributed by atoms with E-state index in [1.807, 2.05) is 6.92 Å². The number of hydrogen-bond donors (Lipinski definition) is 2. The number of rotatable bonds is 6. The van der Waals surface area contributed by atoms with Crippen LogP contribution in [0.3, 0.4) is 0 Å². The lowest BCUT2D eigenvalue weighted by atomic mass is 10.0. The van der Waals surface area contributed by atoms with Gasteiger partial charge in [-0.15, -0.1) is 0 Å². The van der Waals surface area contributed by atoms with Crippen LogP contribution in [0, 0.1) is 11.8 Å². The van der Waals surface area contributed by atoms with Gasteiger partial charge in [-0.1, -0.05) is 6.92 Å². The van der Waals surface area contributed by atoms with E-state index >= 15 is 0 Å². The Kier molecular flexibility index (Phi) is 5.77. The third-order valence-corrected chi connectivity index (χ3v) is 3.34. The molecule has 0 aromatic heterocycles. The molecular weight excluding hydrogens is 202 g/mol. The monoisotopic (exact) mass is 227 g/mol. The van der Waals surface area contributed by atoms with Gasteiger partial charge in [-0.3, -0.25) is 4.79 Å². The van der Waals surface area contributed by atoms with Crippen LogP contribution in [0.2, 0.25) is 0 Å². The molecule has 0 aromatic carbocycles. The molecule has 3 N–H and O–H groups in total. The second-order valence-electron chi connectivity index (χ2n) is 4.99. The summed E-state index contributed by atoms with van der Waals surface area (Å²) >= 11 is 0. The fourth-order valence-electron chi connectivity index (χ4n) is 2.17. The van der Waals surface area contributed by atoms with Crippen LogP contribution >= 0.6 is 0 Å². The molecule has 1 rings (SSSR count). The first-order chi connectivity index (χ1) is 7.63. The van der Waals surface area contributed by atoms with Crippen molar-refractivity contribution in [3.8, 4) is 0 Å². The van der Waals surface area contributed by atoms with Crippen LogP contribution in [0.5, 0.6) is 0 Å². The molecule has 1 aliphatic heterocycles. The van der Waals surface area contributed by atoms with Gasteiger partial charge in [0.15, 0.2) is 0 Å². The first-order valence-corrected chi connectivity index (χ1v) is 6.29. The molecule has 0 radical (unpaired) electrons. The average Bonchev–Trinajstić information content (AvgIpc) is 2.68. The van der Waals surface area contributed by atoms with Gasteiger partial charge in [-0.05, 0) is 45.3 Å². The molecule has 1 aliphatic rings. The summed E-state index contributed by atoms with van der Waals surface area (Å²) in [5.41, 5.74) is 5.43. The summed E-state index contributed by atoms with van der Waals surface area (Å²) in [6, 6.07) is 0. The molecule has 1 saturated heterocycles. The number of likely N-dealkylation sites (tertiary alicyclic amines) is 1. The molecule has 1 amide bonds. The van der Waals surface area contributed by atoms with E-state index in [0.717, 1.165) is 32.5 Å². The topological polar surface area (TPSA) is 58.4 Å². The molecule has 4 nitrogen and oxygen atoms in total. The zero-order valence-corrected chi connectivity index (χ0v) is 10.5. The molecule has 1 fully saturated rings. The fraction of sp³-hybridized carbons (Fsp3) is 0.917. The van der Waals surface area contributed by atoms with E-state index in [0.29, 0.717) is 12.5 Å². The lowest BCUT2D eigenvalue weighted by Crippen LogP contribution is -2.34. The van der Waals surface area contributed by atoms with E-state index in [9.17, 15) is 4.79 Å². The maximum atomic E-state index is 11.7. The van der Waals surface area contributed by atoms with E-state index in [1.54, 1.807) is 0 Å². The number of hydrogen-bond acceptors (Lipinski definition) is 3. The normalized spacial score (nSPS) is 23.3. The Morgan fingerprint density at radius 1 is 1.62 bits per heavy atom. The largest absolute Gasteiger partial charge is 0.356 e. The van der Waals surface area contributed by atoms with E-state index in [1.165, 1.54) is 6.42 Å². The van der Waals surface area contributed by atoms with Crippen LogP contribution in [0.15, 0.2) is 0 Å². The smallest absolute Gasteiger partial charge is 0.222 e. The van der Waals surface area contributed by atoms with Crippen molar-refractivity contribution in [3.63, 3.8) is 0 Å². The number of nitrogens with zero attached hydrogens (tertiary/aromatic N) is 1. The molecule has 4 heteroatoms. The van der Waals surface area contributed by atoms with Gasteiger partial charge in [-0.2, -0.15) is 0 Å². The Morgan fingerprint density at radius 2 is 2.38 bits per heavy atom. The first-order valence-electron chi connectivity index (χ1n) is 6.29. The van der Waals surface area contributed by atoms with Gasteiger partial charge in [0.2, 0.25) is 5.91 Å². The average molecular weight is 227 g/mol. The van der Waals surface area contributed by atoms with Gasteiger partial charge in [0.1, 0.15) is 0 Å². The Morgan fingerprint density at radius 3 is 2.94 bits per heavy atom. The lowest BCUT2D eigenvalue weighted by Gasteiger charge is -2.15. The maximum Gasteiger partial charge on any atom is 0.222 e. The fourth-order valence-corrected chi connectivity index (χ4v) is 2.17. The minimum absolute atomic E-state index is 0.0997. The Bertz CT molecular complexity index is 220. The van der Waals surface area contributed by atoms with Gasteiger partial charge in [0.25, 0.3) is 0 Å². The van der Waals surface area contributed by atoms with Crippen LogP contribution in [-0.4, -0.2) is 44.0 Å². The van der Waals surface area contributed by atoms with Gasteiger partial charge in [0.05, 0.1) is 0 Å². The van der Waals surface area contributed by atoms with Gasteiger partial charge >= 0.3 is 0 Å². The zero-order valence-electron chi connectivity index (χ0n) is 10.5. The summed E-state index contributed by atoms with van der Waals surface area (Å²) in [6.07, 6.45) is 3.03. The summed E-state index contributed by atoms with van der Waals surface area (Å²) in [7, 11) is 2.13. The summed E-state index contributed by atoms with van der Waals surface area (Å²) in [4.78, 5) is 14.0. The predicted octanol–water partition coefficient (Wildman–Crippen LogP) is 0.429. The standard InChI is InChI=1S/C12H25N3O/c1-10(4-3-6-13)12(16)14-8-11-5-7-15(2)9-11/h10-11H,3-9,13H2,1-2H3,(H,14,16). The van der Waals surface area contributed by atoms with E-state index in [-0.39, 0.29) is 11.8 Å². The Balaban J connectivity index is 2.14. The first kappa shape index (κ1) is 13.5. The van der Waals surface area contributed by atoms with Crippen LogP contribution < -0.4 is 11.1 Å². The number of nitrogens with one attached hydrogen (secondary N) is 1. The number of nitrogens with two attached hydrogens (primary N) is 1. The number of carbonyl (C=O) groups excluding carboxylic acids is 1. The molecule has 16 heavy (non-hydrogen) atoms. The van der Waals surface area contributed by atoms with Gasteiger partial charge in [0, 0.05) is 19.0 Å². The number of amides is 1. The summed E-state index contributed by atoms with van der Waals surface area (Å²) in [5, 5.41) is 3.05. The van der Waals surface area contributed by atoms with Crippen molar-refractivity contribution in [2.45, 2.75) is 26.2 Å². The highest BCUT2D eigenvalue weighted by molar-refractivity contribution is 5.78. The highest BCUT2D eigenvalue weighted by atomic mass is 16.1. The SMILES string of the molecule is CC(CCCN)C(=O)NCC1CCN(C)C1. The second-order valence-corrected chi connectivity index (χ2v) is 4.99. The van der Waals surface area contributed by atoms with Crippen molar-refractivity contribution in [1.82, 2.24) is 10.2 Å². The molecule has 0 aliphatic carbocycles. The molecule has 0 aromatic rings. The van der Waals surface area contributed by atoms with Gasteiger partial charge in [-0.25, -0.2) is 0 Å². The molecule has 0 saturated carbocycles. The van der Waals surface area contributed by atoms with E-state index in [2.05, 4.69) is 17.3 Å². The highest BCUT2D eigenvalue weighted by Gasteiger charge is 2.20. The molecule has 0 bridgehead atoms. The maximum absolute atomic E-state index is 11.7. The predicted molar refractivity (Wildman–Crippen MR) is 66.1 cm³/mol. The van der Waals surface area contributed by atoms with Crippen LogP contribution in [0.25, 0.3) is 0 Å². The van der Waals surface area contributed by atoms with Crippen molar-refractivity contribution in [2.24, 2.45) is 17.6 Å². The molecular formula is C12H25N3O. The highest BCUT2D eigenvalue weighted by Crippen LogP contribution is 2.13. The van der Waals surface area contributed by atoms with E-state index < -0.39 is 0 Å². The van der Waals surface area contributed by atoms with Crippen molar-refractivity contribution in [1.29, 1.82) is 0 Å².